The molecule has 0 atom stereocenters. The second-order valence-corrected chi connectivity index (χ2v) is 8.42. The van der Waals surface area contributed by atoms with Gasteiger partial charge in [-0.15, -0.1) is 0 Å². The summed E-state index contributed by atoms with van der Waals surface area (Å²) in [6.45, 7) is 5.59. The minimum absolute atomic E-state index is 0.0350. The molecule has 1 aromatic heterocycles. The van der Waals surface area contributed by atoms with Crippen LogP contribution in [0.15, 0.2) is 54.6 Å². The molecule has 5 rings (SSSR count). The Bertz CT molecular complexity index is 1020. The molecule has 2 fully saturated rings. The van der Waals surface area contributed by atoms with Crippen LogP contribution in [-0.2, 0) is 11.3 Å². The molecule has 0 spiro atoms. The monoisotopic (exact) mass is 419 g/mol. The van der Waals surface area contributed by atoms with Gasteiger partial charge in [-0.25, -0.2) is 0 Å². The van der Waals surface area contributed by atoms with E-state index >= 15 is 0 Å². The Hall–Kier alpha value is -2.83. The predicted molar refractivity (Wildman–Crippen MR) is 120 cm³/mol. The third-order valence-electron chi connectivity index (χ3n) is 6.21. The number of nitrogens with one attached hydrogen (secondary N) is 1. The van der Waals surface area contributed by atoms with E-state index in [0.29, 0.717) is 32.0 Å². The molecule has 1 amide bonds. The van der Waals surface area contributed by atoms with Crippen molar-refractivity contribution in [3.8, 4) is 5.75 Å². The minimum atomic E-state index is 0.0350. The van der Waals surface area contributed by atoms with Crippen LogP contribution in [0.25, 0.3) is 10.9 Å². The number of likely N-dealkylation sites (tertiary alicyclic amines) is 1. The molecule has 31 heavy (non-hydrogen) atoms. The highest BCUT2D eigenvalue weighted by Crippen LogP contribution is 2.25. The van der Waals surface area contributed by atoms with Crippen LogP contribution >= 0.6 is 0 Å². The maximum Gasteiger partial charge on any atom is 0.270 e. The van der Waals surface area contributed by atoms with Gasteiger partial charge in [-0.2, -0.15) is 0 Å². The number of hydrogen-bond acceptors (Lipinski definition) is 4. The fraction of sp³-hybridized carbons (Fsp3) is 0.400. The van der Waals surface area contributed by atoms with Crippen LogP contribution in [0.4, 0.5) is 0 Å². The van der Waals surface area contributed by atoms with Gasteiger partial charge in [0.25, 0.3) is 5.91 Å². The van der Waals surface area contributed by atoms with Gasteiger partial charge in [-0.1, -0.05) is 30.3 Å². The number of hydrogen-bond donors (Lipinski definition) is 1. The number of rotatable bonds is 5. The van der Waals surface area contributed by atoms with Crippen LogP contribution in [0.2, 0.25) is 0 Å². The van der Waals surface area contributed by atoms with Gasteiger partial charge in [-0.05, 0) is 42.7 Å². The summed E-state index contributed by atoms with van der Waals surface area (Å²) < 4.78 is 11.6. The van der Waals surface area contributed by atoms with Crippen LogP contribution < -0.4 is 4.74 Å². The number of nitrogens with zero attached hydrogens (tertiary/aromatic N) is 2. The van der Waals surface area contributed by atoms with Crippen molar-refractivity contribution < 1.29 is 14.3 Å². The van der Waals surface area contributed by atoms with Gasteiger partial charge < -0.3 is 19.4 Å². The summed E-state index contributed by atoms with van der Waals surface area (Å²) in [6.07, 6.45) is 2.29. The van der Waals surface area contributed by atoms with Crippen molar-refractivity contribution >= 4 is 16.8 Å². The normalized spacial score (nSPS) is 18.4. The van der Waals surface area contributed by atoms with Gasteiger partial charge in [-0.3, -0.25) is 9.69 Å². The second kappa shape index (κ2) is 9.12. The third-order valence-corrected chi connectivity index (χ3v) is 6.21. The molecule has 2 aliphatic heterocycles. The highest BCUT2D eigenvalue weighted by molar-refractivity contribution is 5.98. The van der Waals surface area contributed by atoms with E-state index in [-0.39, 0.29) is 12.0 Å². The van der Waals surface area contributed by atoms with Gasteiger partial charge in [0, 0.05) is 43.6 Å². The van der Waals surface area contributed by atoms with E-state index in [4.69, 9.17) is 9.47 Å². The topological polar surface area (TPSA) is 57.8 Å². The van der Waals surface area contributed by atoms with Crippen LogP contribution in [0.5, 0.6) is 5.75 Å². The number of fused-ring (bicyclic) bond motifs is 1. The summed E-state index contributed by atoms with van der Waals surface area (Å²) in [5, 5.41) is 1.01. The molecular formula is C25H29N3O3. The number of carbonyl (C=O) groups is 1. The van der Waals surface area contributed by atoms with E-state index in [1.165, 1.54) is 5.56 Å². The standard InChI is InChI=1S/C25H29N3O3/c29-25(28-12-14-30-15-13-28)24-17-20-16-22(6-7-23(20)26-24)31-21-8-10-27(11-9-21)18-19-4-2-1-3-5-19/h1-7,16-17,21,26H,8-15,18H2. The fourth-order valence-electron chi connectivity index (χ4n) is 4.46. The first-order valence-corrected chi connectivity index (χ1v) is 11.2. The highest BCUT2D eigenvalue weighted by Gasteiger charge is 2.22. The maximum atomic E-state index is 12.7. The molecule has 0 saturated carbocycles. The van der Waals surface area contributed by atoms with Crippen LogP contribution in [0.3, 0.4) is 0 Å². The summed E-state index contributed by atoms with van der Waals surface area (Å²) in [5.74, 6) is 0.908. The van der Waals surface area contributed by atoms with E-state index in [2.05, 4.69) is 40.2 Å². The lowest BCUT2D eigenvalue weighted by atomic mass is 10.1. The minimum Gasteiger partial charge on any atom is -0.490 e. The second-order valence-electron chi connectivity index (χ2n) is 8.42. The average Bonchev–Trinajstić information content (AvgIpc) is 3.25. The molecule has 0 aliphatic carbocycles. The summed E-state index contributed by atoms with van der Waals surface area (Å²) in [4.78, 5) is 20.3. The molecule has 2 aliphatic rings. The maximum absolute atomic E-state index is 12.7. The number of H-pyrrole nitrogens is 1. The molecular weight excluding hydrogens is 390 g/mol. The number of amides is 1. The number of benzene rings is 2. The lowest BCUT2D eigenvalue weighted by molar-refractivity contribution is 0.0299. The number of aromatic nitrogens is 1. The molecule has 6 heteroatoms. The molecule has 2 saturated heterocycles. The van der Waals surface area contributed by atoms with Crippen molar-refractivity contribution in [2.24, 2.45) is 0 Å². The average molecular weight is 420 g/mol. The Morgan fingerprint density at radius 3 is 2.55 bits per heavy atom. The number of aromatic amines is 1. The Morgan fingerprint density at radius 1 is 1.00 bits per heavy atom. The third kappa shape index (κ3) is 4.75. The number of morpholine rings is 1. The molecule has 3 aromatic rings. The molecule has 3 heterocycles. The molecule has 162 valence electrons. The van der Waals surface area contributed by atoms with Crippen molar-refractivity contribution in [3.05, 3.63) is 65.9 Å². The SMILES string of the molecule is O=C(c1cc2cc(OC3CCN(Cc4ccccc4)CC3)ccc2[nH]1)N1CCOCC1. The van der Waals surface area contributed by atoms with E-state index in [9.17, 15) is 4.79 Å². The first-order valence-electron chi connectivity index (χ1n) is 11.2. The van der Waals surface area contributed by atoms with E-state index in [1.807, 2.05) is 29.2 Å². The largest absolute Gasteiger partial charge is 0.490 e. The summed E-state index contributed by atoms with van der Waals surface area (Å²) in [5.41, 5.74) is 2.95. The van der Waals surface area contributed by atoms with Crippen LogP contribution in [0.1, 0.15) is 28.9 Å². The molecule has 0 unspecified atom stereocenters. The Labute approximate surface area is 182 Å². The summed E-state index contributed by atoms with van der Waals surface area (Å²) in [6, 6.07) is 18.6. The molecule has 0 bridgehead atoms. The van der Waals surface area contributed by atoms with Crippen molar-refractivity contribution in [2.45, 2.75) is 25.5 Å². The molecule has 2 aromatic carbocycles. The van der Waals surface area contributed by atoms with E-state index in [0.717, 1.165) is 49.1 Å². The van der Waals surface area contributed by atoms with Crippen molar-refractivity contribution in [3.63, 3.8) is 0 Å². The zero-order valence-electron chi connectivity index (χ0n) is 17.8. The lowest BCUT2D eigenvalue weighted by Crippen LogP contribution is -2.40. The quantitative estimate of drug-likeness (QED) is 0.685. The Morgan fingerprint density at radius 2 is 1.77 bits per heavy atom. The summed E-state index contributed by atoms with van der Waals surface area (Å²) >= 11 is 0. The lowest BCUT2D eigenvalue weighted by Gasteiger charge is -2.32. The predicted octanol–water partition coefficient (Wildman–Crippen LogP) is 3.68. The van der Waals surface area contributed by atoms with Gasteiger partial charge in [0.1, 0.15) is 17.5 Å². The van der Waals surface area contributed by atoms with Crippen molar-refractivity contribution in [1.29, 1.82) is 0 Å². The summed E-state index contributed by atoms with van der Waals surface area (Å²) in [7, 11) is 0. The van der Waals surface area contributed by atoms with Crippen molar-refractivity contribution in [1.82, 2.24) is 14.8 Å². The highest BCUT2D eigenvalue weighted by atomic mass is 16.5. The first kappa shape index (κ1) is 20.1. The van der Waals surface area contributed by atoms with Gasteiger partial charge in [0.05, 0.1) is 13.2 Å². The van der Waals surface area contributed by atoms with E-state index in [1.54, 1.807) is 0 Å². The van der Waals surface area contributed by atoms with Gasteiger partial charge in [0.2, 0.25) is 0 Å². The number of piperidine rings is 1. The zero-order valence-corrected chi connectivity index (χ0v) is 17.8. The number of carbonyl (C=O) groups excluding carboxylic acids is 1. The van der Waals surface area contributed by atoms with Crippen molar-refractivity contribution in [2.75, 3.05) is 39.4 Å². The fourth-order valence-corrected chi connectivity index (χ4v) is 4.46. The van der Waals surface area contributed by atoms with Crippen LogP contribution in [-0.4, -0.2) is 66.2 Å². The molecule has 6 nitrogen and oxygen atoms in total. The molecule has 1 N–H and O–H groups in total. The molecule has 0 radical (unpaired) electrons. The smallest absolute Gasteiger partial charge is 0.270 e. The van der Waals surface area contributed by atoms with E-state index < -0.39 is 0 Å². The zero-order chi connectivity index (χ0) is 21.0. The van der Waals surface area contributed by atoms with Crippen LogP contribution in [0, 0.1) is 0 Å². The first-order chi connectivity index (χ1) is 15.2. The van der Waals surface area contributed by atoms with Gasteiger partial charge in [0.15, 0.2) is 0 Å². The Kier molecular flexibility index (Phi) is 5.91. The van der Waals surface area contributed by atoms with Gasteiger partial charge >= 0.3 is 0 Å². The number of ether oxygens (including phenoxy) is 2. The Balaban J connectivity index is 1.19.